The molecule has 1 aromatic rings. The molecule has 4 amide bonds. The van der Waals surface area contributed by atoms with Crippen molar-refractivity contribution in [3.8, 4) is 5.75 Å². The molecule has 1 aliphatic carbocycles. The molecule has 11 heteroatoms. The molecule has 0 spiro atoms. The average Bonchev–Trinajstić information content (AvgIpc) is 3.56. The number of amides is 4. The Balaban J connectivity index is 1.55. The van der Waals surface area contributed by atoms with Crippen molar-refractivity contribution in [2.45, 2.75) is 68.6 Å². The lowest BCUT2D eigenvalue weighted by Crippen LogP contribution is -2.70. The summed E-state index contributed by atoms with van der Waals surface area (Å²) < 4.78 is 18.8. The lowest BCUT2D eigenvalue weighted by molar-refractivity contribution is -0.150. The molecule has 39 heavy (non-hydrogen) atoms. The van der Waals surface area contributed by atoms with Gasteiger partial charge in [-0.05, 0) is 60.2 Å². The number of imide groups is 1. The van der Waals surface area contributed by atoms with Crippen molar-refractivity contribution >= 4 is 45.5 Å². The fourth-order valence-corrected chi connectivity index (χ4v) is 8.42. The number of carbonyl (C=O) groups excluding carboxylic acids is 3. The van der Waals surface area contributed by atoms with Crippen molar-refractivity contribution in [2.75, 3.05) is 33.9 Å². The molecule has 1 saturated carbocycles. The molecule has 2 saturated heterocycles. The van der Waals surface area contributed by atoms with Gasteiger partial charge in [-0.2, -0.15) is 0 Å². The number of thioether (sulfide) groups is 1. The van der Waals surface area contributed by atoms with Crippen molar-refractivity contribution in [1.29, 1.82) is 0 Å². The lowest BCUT2D eigenvalue weighted by Gasteiger charge is -2.49. The van der Waals surface area contributed by atoms with Crippen LogP contribution in [-0.4, -0.2) is 78.6 Å². The molecule has 3 heterocycles. The summed E-state index contributed by atoms with van der Waals surface area (Å²) in [5, 5.41) is 2.30. The van der Waals surface area contributed by atoms with Crippen LogP contribution < -0.4 is 10.1 Å². The van der Waals surface area contributed by atoms with Crippen LogP contribution in [0.2, 0.25) is 0 Å². The van der Waals surface area contributed by atoms with Gasteiger partial charge in [-0.3, -0.25) is 9.59 Å². The van der Waals surface area contributed by atoms with Crippen molar-refractivity contribution in [3.05, 3.63) is 39.2 Å². The Labute approximate surface area is 242 Å². The predicted molar refractivity (Wildman–Crippen MR) is 151 cm³/mol. The Bertz CT molecular complexity index is 1150. The number of urea groups is 1. The summed E-state index contributed by atoms with van der Waals surface area (Å²) >= 11 is 5.10. The van der Waals surface area contributed by atoms with Gasteiger partial charge in [0.1, 0.15) is 22.8 Å². The van der Waals surface area contributed by atoms with E-state index in [2.05, 4.69) is 21.2 Å². The molecule has 212 valence electrons. The molecule has 3 atom stereocenters. The standard InChI is InChI=1S/C28H36BrN3O6S/c1-17-22-24(33)32(28(26(34)30-2)12-6-7-13-28)27(35)31(25(22)39-23(17)29)16-21(38-18-10-14-37-15-11-18)19-8-4-5-9-20(19)36-3/h4-5,8-9,18,21-22,25H,6-7,10-16H2,1-3H3,(H,30,34). The van der Waals surface area contributed by atoms with Crippen LogP contribution in [0.1, 0.15) is 57.1 Å². The first-order valence-electron chi connectivity index (χ1n) is 13.6. The molecule has 1 aromatic carbocycles. The first-order valence-corrected chi connectivity index (χ1v) is 15.3. The van der Waals surface area contributed by atoms with E-state index in [1.807, 2.05) is 31.2 Å². The van der Waals surface area contributed by atoms with E-state index in [1.54, 1.807) is 19.1 Å². The van der Waals surface area contributed by atoms with Crippen molar-refractivity contribution < 1.29 is 28.6 Å². The molecule has 0 bridgehead atoms. The molecule has 0 aromatic heterocycles. The molecule has 1 N–H and O–H groups in total. The second-order valence-corrected chi connectivity index (χ2v) is 13.0. The van der Waals surface area contributed by atoms with Gasteiger partial charge in [0.15, 0.2) is 0 Å². The summed E-state index contributed by atoms with van der Waals surface area (Å²) in [5.41, 5.74) is 0.530. The van der Waals surface area contributed by atoms with Crippen LogP contribution >= 0.6 is 27.7 Å². The van der Waals surface area contributed by atoms with Gasteiger partial charge in [-0.15, -0.1) is 0 Å². The maximum Gasteiger partial charge on any atom is 0.328 e. The van der Waals surface area contributed by atoms with Crippen LogP contribution in [0.5, 0.6) is 5.75 Å². The minimum absolute atomic E-state index is 0.0306. The molecular weight excluding hydrogens is 586 g/mol. The van der Waals surface area contributed by atoms with Gasteiger partial charge < -0.3 is 24.4 Å². The fourth-order valence-electron chi connectivity index (χ4n) is 6.32. The lowest BCUT2D eigenvalue weighted by atomic mass is 9.88. The number of likely N-dealkylation sites (N-methyl/N-ethyl adjacent to an activating group) is 1. The highest BCUT2D eigenvalue weighted by atomic mass is 79.9. The molecule has 5 rings (SSSR count). The second kappa shape index (κ2) is 11.8. The van der Waals surface area contributed by atoms with E-state index in [1.165, 1.54) is 16.7 Å². The predicted octanol–water partition coefficient (Wildman–Crippen LogP) is 4.57. The summed E-state index contributed by atoms with van der Waals surface area (Å²) in [5.74, 6) is -0.460. The monoisotopic (exact) mass is 621 g/mol. The van der Waals surface area contributed by atoms with Crippen molar-refractivity contribution in [2.24, 2.45) is 5.92 Å². The van der Waals surface area contributed by atoms with E-state index < -0.39 is 29.0 Å². The first-order chi connectivity index (χ1) is 18.8. The topological polar surface area (TPSA) is 97.4 Å². The van der Waals surface area contributed by atoms with E-state index >= 15 is 0 Å². The van der Waals surface area contributed by atoms with Gasteiger partial charge in [0.2, 0.25) is 11.8 Å². The Kier molecular flexibility index (Phi) is 8.61. The minimum atomic E-state index is -1.19. The highest BCUT2D eigenvalue weighted by Crippen LogP contribution is 2.52. The summed E-state index contributed by atoms with van der Waals surface area (Å²) in [6.07, 6.45) is 3.47. The second-order valence-electron chi connectivity index (χ2n) is 10.5. The molecule has 3 aliphatic heterocycles. The number of halogens is 1. The van der Waals surface area contributed by atoms with Crippen molar-refractivity contribution in [1.82, 2.24) is 15.1 Å². The molecule has 3 unspecified atom stereocenters. The van der Waals surface area contributed by atoms with Crippen LogP contribution in [0.15, 0.2) is 33.7 Å². The quantitative estimate of drug-likeness (QED) is 0.454. The van der Waals surface area contributed by atoms with Gasteiger partial charge in [-0.25, -0.2) is 9.69 Å². The van der Waals surface area contributed by atoms with Gasteiger partial charge in [0.25, 0.3) is 0 Å². The minimum Gasteiger partial charge on any atom is -0.496 e. The van der Waals surface area contributed by atoms with E-state index in [0.29, 0.717) is 31.8 Å². The number of methoxy groups -OCH3 is 1. The van der Waals surface area contributed by atoms with Crippen LogP contribution in [0, 0.1) is 5.92 Å². The Morgan fingerprint density at radius 2 is 1.92 bits per heavy atom. The largest absolute Gasteiger partial charge is 0.496 e. The third-order valence-electron chi connectivity index (χ3n) is 8.40. The average molecular weight is 623 g/mol. The third-order valence-corrected chi connectivity index (χ3v) is 10.9. The van der Waals surface area contributed by atoms with Gasteiger partial charge in [0.05, 0.1) is 29.5 Å². The number of hydrogen-bond donors (Lipinski definition) is 1. The number of benzene rings is 1. The maximum absolute atomic E-state index is 14.4. The zero-order valence-electron chi connectivity index (χ0n) is 22.6. The molecule has 0 radical (unpaired) electrons. The number of rotatable bonds is 8. The third kappa shape index (κ3) is 5.11. The zero-order valence-corrected chi connectivity index (χ0v) is 25.0. The maximum atomic E-state index is 14.4. The molecular formula is C28H36BrN3O6S. The van der Waals surface area contributed by atoms with E-state index in [9.17, 15) is 14.4 Å². The highest BCUT2D eigenvalue weighted by molar-refractivity contribution is 9.14. The van der Waals surface area contributed by atoms with E-state index in [0.717, 1.165) is 40.6 Å². The number of hydrogen-bond acceptors (Lipinski definition) is 7. The number of ether oxygens (including phenoxy) is 3. The SMILES string of the molecule is CNC(=O)C1(N2C(=O)C3C(C)=C(Br)SC3N(CC(OC3CCOCC3)c3ccccc3OC)C2=O)CCCC1. The van der Waals surface area contributed by atoms with Gasteiger partial charge >= 0.3 is 6.03 Å². The van der Waals surface area contributed by atoms with Crippen LogP contribution in [-0.2, 0) is 19.1 Å². The van der Waals surface area contributed by atoms with Gasteiger partial charge in [0, 0.05) is 25.8 Å². The van der Waals surface area contributed by atoms with Crippen molar-refractivity contribution in [3.63, 3.8) is 0 Å². The zero-order chi connectivity index (χ0) is 27.7. The van der Waals surface area contributed by atoms with E-state index in [-0.39, 0.29) is 24.5 Å². The number of nitrogens with zero attached hydrogens (tertiary/aromatic N) is 2. The molecule has 3 fully saturated rings. The van der Waals surface area contributed by atoms with Crippen LogP contribution in [0.4, 0.5) is 4.79 Å². The Hall–Kier alpha value is -2.08. The Morgan fingerprint density at radius 3 is 2.59 bits per heavy atom. The number of fused-ring (bicyclic) bond motifs is 1. The summed E-state index contributed by atoms with van der Waals surface area (Å²) in [6.45, 7) is 3.38. The number of para-hydroxylation sites is 1. The summed E-state index contributed by atoms with van der Waals surface area (Å²) in [4.78, 5) is 44.8. The van der Waals surface area contributed by atoms with E-state index in [4.69, 9.17) is 14.2 Å². The number of carbonyl (C=O) groups is 3. The molecule has 4 aliphatic rings. The highest BCUT2D eigenvalue weighted by Gasteiger charge is 2.60. The first kappa shape index (κ1) is 28.4. The Morgan fingerprint density at radius 1 is 1.23 bits per heavy atom. The fraction of sp³-hybridized carbons (Fsp3) is 0.607. The normalized spacial score (nSPS) is 26.2. The molecule has 9 nitrogen and oxygen atoms in total. The smallest absolute Gasteiger partial charge is 0.328 e. The van der Waals surface area contributed by atoms with Gasteiger partial charge in [-0.1, -0.05) is 42.8 Å². The van der Waals surface area contributed by atoms with Crippen LogP contribution in [0.3, 0.4) is 0 Å². The summed E-state index contributed by atoms with van der Waals surface area (Å²) in [7, 11) is 3.19. The summed E-state index contributed by atoms with van der Waals surface area (Å²) in [6, 6.07) is 7.24. The number of nitrogens with one attached hydrogen (secondary N) is 1. The van der Waals surface area contributed by atoms with Crippen LogP contribution in [0.25, 0.3) is 0 Å².